The highest BCUT2D eigenvalue weighted by Gasteiger charge is 2.43. The van der Waals surface area contributed by atoms with Crippen molar-refractivity contribution < 1.29 is 9.53 Å². The summed E-state index contributed by atoms with van der Waals surface area (Å²) in [4.78, 5) is 12.3. The van der Waals surface area contributed by atoms with Crippen LogP contribution in [0.1, 0.15) is 70.6 Å². The topological polar surface area (TPSA) is 26.3 Å². The van der Waals surface area contributed by atoms with Crippen molar-refractivity contribution in [1.29, 1.82) is 0 Å². The number of hydrogen-bond acceptors (Lipinski definition) is 2. The summed E-state index contributed by atoms with van der Waals surface area (Å²) < 4.78 is 6.10. The number of hydrogen-bond donors (Lipinski definition) is 0. The van der Waals surface area contributed by atoms with Gasteiger partial charge in [-0.25, -0.2) is 0 Å². The Morgan fingerprint density at radius 1 is 1.00 bits per heavy atom. The Balaban J connectivity index is 1.68. The number of carbonyl (C=O) groups excluding carboxylic acids is 1. The molecule has 102 valence electrons. The Bertz CT molecular complexity index is 304. The highest BCUT2D eigenvalue weighted by molar-refractivity contribution is 5.81. The number of ether oxygens (including phenoxy) is 1. The average Bonchev–Trinajstić information content (AvgIpc) is 2.70. The van der Waals surface area contributed by atoms with Gasteiger partial charge < -0.3 is 4.74 Å². The molecule has 0 bridgehead atoms. The van der Waals surface area contributed by atoms with Crippen LogP contribution < -0.4 is 0 Å². The predicted molar refractivity (Wildman–Crippen MR) is 71.5 cm³/mol. The van der Waals surface area contributed by atoms with Crippen molar-refractivity contribution in [3.63, 3.8) is 0 Å². The third kappa shape index (κ3) is 2.49. The SMILES string of the molecule is O=C1CCCCCC1C1CCOC2(CCCC2)C1. The van der Waals surface area contributed by atoms with Gasteiger partial charge in [0.15, 0.2) is 0 Å². The fourth-order valence-electron chi connectivity index (χ4n) is 4.46. The van der Waals surface area contributed by atoms with Gasteiger partial charge in [0.25, 0.3) is 0 Å². The van der Waals surface area contributed by atoms with Crippen LogP contribution in [-0.4, -0.2) is 18.0 Å². The monoisotopic (exact) mass is 250 g/mol. The molecule has 2 atom stereocenters. The van der Waals surface area contributed by atoms with Gasteiger partial charge in [-0.3, -0.25) is 4.79 Å². The Kier molecular flexibility index (Phi) is 3.74. The molecule has 3 rings (SSSR count). The molecule has 1 heterocycles. The van der Waals surface area contributed by atoms with E-state index in [9.17, 15) is 4.79 Å². The summed E-state index contributed by atoms with van der Waals surface area (Å²) in [6.45, 7) is 0.897. The molecular formula is C16H26O2. The average molecular weight is 250 g/mol. The normalized spacial score (nSPS) is 36.8. The molecule has 0 aromatic carbocycles. The third-order valence-corrected chi connectivity index (χ3v) is 5.47. The molecule has 1 spiro atoms. The summed E-state index contributed by atoms with van der Waals surface area (Å²) in [7, 11) is 0. The minimum absolute atomic E-state index is 0.176. The van der Waals surface area contributed by atoms with Gasteiger partial charge >= 0.3 is 0 Å². The molecule has 1 aliphatic heterocycles. The largest absolute Gasteiger partial charge is 0.375 e. The highest BCUT2D eigenvalue weighted by atomic mass is 16.5. The van der Waals surface area contributed by atoms with Gasteiger partial charge in [0, 0.05) is 18.9 Å². The first-order valence-electron chi connectivity index (χ1n) is 7.96. The van der Waals surface area contributed by atoms with Gasteiger partial charge in [0.05, 0.1) is 5.60 Å². The molecule has 0 aromatic rings. The van der Waals surface area contributed by atoms with Crippen molar-refractivity contribution >= 4 is 5.78 Å². The van der Waals surface area contributed by atoms with Crippen LogP contribution in [0.5, 0.6) is 0 Å². The summed E-state index contributed by atoms with van der Waals surface area (Å²) in [5.41, 5.74) is 0.176. The summed E-state index contributed by atoms with van der Waals surface area (Å²) in [6, 6.07) is 0. The Labute approximate surface area is 110 Å². The molecule has 2 unspecified atom stereocenters. The fraction of sp³-hybridized carbons (Fsp3) is 0.938. The predicted octanol–water partition coefficient (Wildman–Crippen LogP) is 3.88. The Hall–Kier alpha value is -0.370. The first-order valence-corrected chi connectivity index (χ1v) is 7.96. The zero-order valence-electron chi connectivity index (χ0n) is 11.5. The second kappa shape index (κ2) is 5.32. The lowest BCUT2D eigenvalue weighted by Gasteiger charge is -2.40. The van der Waals surface area contributed by atoms with E-state index in [1.165, 1.54) is 44.9 Å². The van der Waals surface area contributed by atoms with Crippen LogP contribution in [0.25, 0.3) is 0 Å². The molecule has 0 radical (unpaired) electrons. The first-order chi connectivity index (χ1) is 8.79. The van der Waals surface area contributed by atoms with Crippen LogP contribution in [0.2, 0.25) is 0 Å². The van der Waals surface area contributed by atoms with Crippen LogP contribution >= 0.6 is 0 Å². The van der Waals surface area contributed by atoms with E-state index >= 15 is 0 Å². The van der Waals surface area contributed by atoms with Gasteiger partial charge in [0.1, 0.15) is 5.78 Å². The lowest BCUT2D eigenvalue weighted by molar-refractivity contribution is -0.132. The smallest absolute Gasteiger partial charge is 0.136 e. The second-order valence-electron chi connectivity index (χ2n) is 6.66. The molecule has 3 aliphatic rings. The number of rotatable bonds is 1. The molecule has 2 nitrogen and oxygen atoms in total. The number of Topliss-reactive ketones (excluding diaryl/α,β-unsaturated/α-hetero) is 1. The molecule has 3 fully saturated rings. The maximum Gasteiger partial charge on any atom is 0.136 e. The molecule has 0 N–H and O–H groups in total. The third-order valence-electron chi connectivity index (χ3n) is 5.47. The summed E-state index contributed by atoms with van der Waals surface area (Å²) in [5, 5.41) is 0. The first kappa shape index (κ1) is 12.7. The zero-order valence-corrected chi connectivity index (χ0v) is 11.5. The summed E-state index contributed by atoms with van der Waals surface area (Å²) in [5.74, 6) is 1.56. The van der Waals surface area contributed by atoms with E-state index in [2.05, 4.69) is 0 Å². The molecule has 0 amide bonds. The van der Waals surface area contributed by atoms with Gasteiger partial charge in [-0.1, -0.05) is 25.7 Å². The van der Waals surface area contributed by atoms with E-state index in [1.807, 2.05) is 0 Å². The van der Waals surface area contributed by atoms with Crippen LogP contribution in [0.3, 0.4) is 0 Å². The maximum absolute atomic E-state index is 12.3. The molecular weight excluding hydrogens is 224 g/mol. The van der Waals surface area contributed by atoms with Crippen molar-refractivity contribution in [2.45, 2.75) is 76.2 Å². The van der Waals surface area contributed by atoms with Crippen LogP contribution in [-0.2, 0) is 9.53 Å². The van der Waals surface area contributed by atoms with E-state index in [0.29, 0.717) is 17.6 Å². The zero-order chi connectivity index (χ0) is 12.4. The summed E-state index contributed by atoms with van der Waals surface area (Å²) in [6.07, 6.45) is 13.1. The summed E-state index contributed by atoms with van der Waals surface area (Å²) >= 11 is 0. The molecule has 2 saturated carbocycles. The molecule has 0 aromatic heterocycles. The van der Waals surface area contributed by atoms with Gasteiger partial charge in [-0.2, -0.15) is 0 Å². The number of ketones is 1. The maximum atomic E-state index is 12.3. The van der Waals surface area contributed by atoms with Gasteiger partial charge in [-0.05, 0) is 44.4 Å². The number of carbonyl (C=O) groups is 1. The van der Waals surface area contributed by atoms with Crippen molar-refractivity contribution in [2.75, 3.05) is 6.61 Å². The minimum Gasteiger partial charge on any atom is -0.375 e. The standard InChI is InChI=1S/C16H26O2/c17-15-7-3-1-2-6-14(15)13-8-11-18-16(12-13)9-4-5-10-16/h13-14H,1-12H2. The lowest BCUT2D eigenvalue weighted by Crippen LogP contribution is -2.41. The minimum atomic E-state index is 0.176. The Morgan fingerprint density at radius 2 is 1.83 bits per heavy atom. The van der Waals surface area contributed by atoms with E-state index in [0.717, 1.165) is 32.3 Å². The van der Waals surface area contributed by atoms with Crippen molar-refractivity contribution in [3.8, 4) is 0 Å². The van der Waals surface area contributed by atoms with E-state index in [1.54, 1.807) is 0 Å². The van der Waals surface area contributed by atoms with Crippen molar-refractivity contribution in [1.82, 2.24) is 0 Å². The van der Waals surface area contributed by atoms with Crippen LogP contribution in [0.4, 0.5) is 0 Å². The van der Waals surface area contributed by atoms with E-state index in [-0.39, 0.29) is 5.60 Å². The van der Waals surface area contributed by atoms with Crippen molar-refractivity contribution in [2.24, 2.45) is 11.8 Å². The molecule has 18 heavy (non-hydrogen) atoms. The quantitative estimate of drug-likeness (QED) is 0.660. The Morgan fingerprint density at radius 3 is 2.67 bits per heavy atom. The molecule has 2 aliphatic carbocycles. The fourth-order valence-corrected chi connectivity index (χ4v) is 4.46. The van der Waals surface area contributed by atoms with Gasteiger partial charge in [-0.15, -0.1) is 0 Å². The highest BCUT2D eigenvalue weighted by Crippen LogP contribution is 2.45. The van der Waals surface area contributed by atoms with E-state index in [4.69, 9.17) is 4.74 Å². The molecule has 1 saturated heterocycles. The van der Waals surface area contributed by atoms with Gasteiger partial charge in [0.2, 0.25) is 0 Å². The second-order valence-corrected chi connectivity index (χ2v) is 6.66. The van der Waals surface area contributed by atoms with E-state index < -0.39 is 0 Å². The molecule has 2 heteroatoms. The van der Waals surface area contributed by atoms with Crippen molar-refractivity contribution in [3.05, 3.63) is 0 Å². The van der Waals surface area contributed by atoms with Crippen LogP contribution in [0.15, 0.2) is 0 Å². The lowest BCUT2D eigenvalue weighted by atomic mass is 9.74. The van der Waals surface area contributed by atoms with Crippen LogP contribution in [0, 0.1) is 11.8 Å².